The molecule has 0 N–H and O–H groups in total. The van der Waals surface area contributed by atoms with Crippen LogP contribution in [0.1, 0.15) is 12.7 Å². The zero-order valence-electron chi connectivity index (χ0n) is 17.2. The van der Waals surface area contributed by atoms with E-state index in [4.69, 9.17) is 4.98 Å². The normalized spacial score (nSPS) is 12.6. The molecule has 0 atom stereocenters. The van der Waals surface area contributed by atoms with Crippen molar-refractivity contribution in [2.45, 2.75) is 29.3 Å². The number of thiazole rings is 1. The lowest BCUT2D eigenvalue weighted by Gasteiger charge is -2.11. The first kappa shape index (κ1) is 20.4. The Kier molecular flexibility index (Phi) is 5.00. The van der Waals surface area contributed by atoms with E-state index in [1.54, 1.807) is 35.2 Å². The van der Waals surface area contributed by atoms with E-state index in [1.807, 2.05) is 18.2 Å². The van der Waals surface area contributed by atoms with E-state index in [1.165, 1.54) is 23.1 Å². The Hall–Kier alpha value is -2.47. The van der Waals surface area contributed by atoms with Crippen LogP contribution in [0.3, 0.4) is 0 Å². The molecule has 5 rings (SSSR count). The summed E-state index contributed by atoms with van der Waals surface area (Å²) >= 11 is 3.19. The maximum absolute atomic E-state index is 12.5. The molecule has 0 aliphatic carbocycles. The molecular formula is C20H20N6O2S3. The maximum Gasteiger partial charge on any atom is 0.242 e. The van der Waals surface area contributed by atoms with E-state index in [2.05, 4.69) is 38.2 Å². The highest BCUT2D eigenvalue weighted by atomic mass is 32.2. The Morgan fingerprint density at radius 2 is 1.90 bits per heavy atom. The van der Waals surface area contributed by atoms with E-state index in [9.17, 15) is 8.42 Å². The second-order valence-electron chi connectivity index (χ2n) is 7.17. The molecule has 0 aliphatic heterocycles. The standard InChI is InChI=1S/C20H20N6O2S3/c1-4-25-15-10-9-13(31(27,28)24(2)3)11-14(15)21-18(25)12-29-19-22-23-20-26(19)16-7-5-6-8-17(16)30-20/h5-11H,4,12H2,1-3H3. The molecule has 8 nitrogen and oxygen atoms in total. The van der Waals surface area contributed by atoms with Crippen LogP contribution in [0.25, 0.3) is 26.2 Å². The van der Waals surface area contributed by atoms with Gasteiger partial charge in [0.05, 0.1) is 31.9 Å². The summed E-state index contributed by atoms with van der Waals surface area (Å²) < 4.78 is 31.6. The highest BCUT2D eigenvalue weighted by Crippen LogP contribution is 2.31. The minimum Gasteiger partial charge on any atom is -0.328 e. The van der Waals surface area contributed by atoms with E-state index < -0.39 is 10.0 Å². The van der Waals surface area contributed by atoms with Gasteiger partial charge in [-0.3, -0.25) is 4.40 Å². The van der Waals surface area contributed by atoms with Crippen molar-refractivity contribution in [3.05, 3.63) is 48.3 Å². The second-order valence-corrected chi connectivity index (χ2v) is 11.3. The van der Waals surface area contributed by atoms with Gasteiger partial charge in [-0.25, -0.2) is 17.7 Å². The molecule has 0 amide bonds. The zero-order chi connectivity index (χ0) is 21.8. The summed E-state index contributed by atoms with van der Waals surface area (Å²) in [6.07, 6.45) is 0. The number of para-hydroxylation sites is 1. The SMILES string of the molecule is CCn1c(CSc2nnc3sc4ccccc4n23)nc2cc(S(=O)(=O)N(C)C)ccc21. The number of imidazole rings is 1. The number of hydrogen-bond acceptors (Lipinski definition) is 7. The lowest BCUT2D eigenvalue weighted by Crippen LogP contribution is -2.22. The Balaban J connectivity index is 1.51. The molecule has 31 heavy (non-hydrogen) atoms. The molecule has 0 saturated heterocycles. The molecule has 0 radical (unpaired) electrons. The average Bonchev–Trinajstić information content (AvgIpc) is 3.42. The van der Waals surface area contributed by atoms with Crippen LogP contribution in [-0.2, 0) is 22.3 Å². The summed E-state index contributed by atoms with van der Waals surface area (Å²) in [6.45, 7) is 2.80. The van der Waals surface area contributed by atoms with Gasteiger partial charge in [0.15, 0.2) is 5.16 Å². The molecule has 0 spiro atoms. The molecule has 0 saturated carbocycles. The minimum absolute atomic E-state index is 0.244. The number of rotatable bonds is 6. The molecule has 0 fully saturated rings. The van der Waals surface area contributed by atoms with Gasteiger partial charge in [0.2, 0.25) is 15.0 Å². The third kappa shape index (κ3) is 3.32. The van der Waals surface area contributed by atoms with E-state index in [0.29, 0.717) is 11.3 Å². The quantitative estimate of drug-likeness (QED) is 0.349. The van der Waals surface area contributed by atoms with Gasteiger partial charge >= 0.3 is 0 Å². The van der Waals surface area contributed by atoms with E-state index in [0.717, 1.165) is 33.5 Å². The van der Waals surface area contributed by atoms with Gasteiger partial charge in [0.25, 0.3) is 0 Å². The van der Waals surface area contributed by atoms with Crippen molar-refractivity contribution >= 4 is 59.3 Å². The van der Waals surface area contributed by atoms with Gasteiger partial charge < -0.3 is 4.57 Å². The predicted octanol–water partition coefficient (Wildman–Crippen LogP) is 3.86. The fourth-order valence-corrected chi connectivity index (χ4v) is 6.41. The van der Waals surface area contributed by atoms with Gasteiger partial charge in [-0.1, -0.05) is 35.2 Å². The van der Waals surface area contributed by atoms with Crippen LogP contribution < -0.4 is 0 Å². The van der Waals surface area contributed by atoms with Crippen molar-refractivity contribution in [1.29, 1.82) is 0 Å². The van der Waals surface area contributed by atoms with Crippen LogP contribution in [0.15, 0.2) is 52.5 Å². The maximum atomic E-state index is 12.5. The van der Waals surface area contributed by atoms with Crippen molar-refractivity contribution in [1.82, 2.24) is 28.5 Å². The Bertz CT molecular complexity index is 1530. The summed E-state index contributed by atoms with van der Waals surface area (Å²) in [5.74, 6) is 1.47. The molecule has 160 valence electrons. The summed E-state index contributed by atoms with van der Waals surface area (Å²) in [5, 5.41) is 9.50. The summed E-state index contributed by atoms with van der Waals surface area (Å²) in [7, 11) is -0.452. The van der Waals surface area contributed by atoms with Crippen LogP contribution in [0.2, 0.25) is 0 Å². The summed E-state index contributed by atoms with van der Waals surface area (Å²) in [4.78, 5) is 5.86. The van der Waals surface area contributed by atoms with Gasteiger partial charge in [-0.15, -0.1) is 10.2 Å². The van der Waals surface area contributed by atoms with Crippen LogP contribution in [0, 0.1) is 0 Å². The molecule has 2 aromatic carbocycles. The molecule has 3 heterocycles. The lowest BCUT2D eigenvalue weighted by molar-refractivity contribution is 0.521. The van der Waals surface area contributed by atoms with Crippen molar-refractivity contribution in [3.63, 3.8) is 0 Å². The predicted molar refractivity (Wildman–Crippen MR) is 124 cm³/mol. The van der Waals surface area contributed by atoms with Gasteiger partial charge in [0.1, 0.15) is 5.82 Å². The monoisotopic (exact) mass is 472 g/mol. The van der Waals surface area contributed by atoms with E-state index in [-0.39, 0.29) is 4.90 Å². The number of hydrogen-bond donors (Lipinski definition) is 0. The number of aromatic nitrogens is 5. The molecule has 3 aromatic heterocycles. The van der Waals surface area contributed by atoms with Gasteiger partial charge in [-0.2, -0.15) is 0 Å². The Morgan fingerprint density at radius 3 is 2.68 bits per heavy atom. The molecular weight excluding hydrogens is 452 g/mol. The number of aryl methyl sites for hydroxylation is 1. The average molecular weight is 473 g/mol. The zero-order valence-corrected chi connectivity index (χ0v) is 19.6. The molecule has 5 aromatic rings. The Morgan fingerprint density at radius 1 is 1.10 bits per heavy atom. The van der Waals surface area contributed by atoms with Crippen LogP contribution in [-0.4, -0.2) is 51.0 Å². The Labute approximate surface area is 187 Å². The van der Waals surface area contributed by atoms with Gasteiger partial charge in [0, 0.05) is 20.6 Å². The van der Waals surface area contributed by atoms with E-state index >= 15 is 0 Å². The highest BCUT2D eigenvalue weighted by Gasteiger charge is 2.20. The van der Waals surface area contributed by atoms with Crippen molar-refractivity contribution in [3.8, 4) is 0 Å². The largest absolute Gasteiger partial charge is 0.328 e. The number of sulfonamides is 1. The van der Waals surface area contributed by atoms with Crippen molar-refractivity contribution in [2.75, 3.05) is 14.1 Å². The fraction of sp³-hybridized carbons (Fsp3) is 0.250. The third-order valence-corrected chi connectivity index (χ3v) is 8.88. The first-order valence-corrected chi connectivity index (χ1v) is 12.9. The topological polar surface area (TPSA) is 85.4 Å². The van der Waals surface area contributed by atoms with Gasteiger partial charge in [-0.05, 0) is 37.3 Å². The van der Waals surface area contributed by atoms with Crippen LogP contribution in [0.4, 0.5) is 0 Å². The first-order valence-electron chi connectivity index (χ1n) is 9.67. The molecule has 11 heteroatoms. The molecule has 0 bridgehead atoms. The first-order chi connectivity index (χ1) is 14.9. The smallest absolute Gasteiger partial charge is 0.242 e. The summed E-state index contributed by atoms with van der Waals surface area (Å²) in [5.41, 5.74) is 2.69. The lowest BCUT2D eigenvalue weighted by atomic mass is 10.3. The number of benzene rings is 2. The van der Waals surface area contributed by atoms with Crippen molar-refractivity contribution in [2.24, 2.45) is 0 Å². The number of nitrogens with zero attached hydrogens (tertiary/aromatic N) is 6. The number of thioether (sulfide) groups is 1. The highest BCUT2D eigenvalue weighted by molar-refractivity contribution is 7.98. The van der Waals surface area contributed by atoms with Crippen molar-refractivity contribution < 1.29 is 8.42 Å². The number of fused-ring (bicyclic) bond motifs is 4. The fourth-order valence-electron chi connectivity index (χ4n) is 3.57. The second kappa shape index (κ2) is 7.59. The molecule has 0 unspecified atom stereocenters. The van der Waals surface area contributed by atoms with Crippen LogP contribution >= 0.6 is 23.1 Å². The third-order valence-electron chi connectivity index (χ3n) is 5.13. The summed E-state index contributed by atoms with van der Waals surface area (Å²) in [6, 6.07) is 13.3. The minimum atomic E-state index is -3.51. The van der Waals surface area contributed by atoms with Crippen LogP contribution in [0.5, 0.6) is 0 Å². The molecule has 0 aliphatic rings.